The molecule has 0 spiro atoms. The first-order chi connectivity index (χ1) is 33.6. The highest BCUT2D eigenvalue weighted by molar-refractivity contribution is 6.09. The van der Waals surface area contributed by atoms with E-state index in [9.17, 15) is 0 Å². The second-order valence-corrected chi connectivity index (χ2v) is 24.0. The Morgan fingerprint density at radius 2 is 0.930 bits per heavy atom. The zero-order chi connectivity index (χ0) is 50.3. The van der Waals surface area contributed by atoms with E-state index in [-0.39, 0.29) is 27.1 Å². The van der Waals surface area contributed by atoms with Crippen LogP contribution in [0.4, 0.5) is 22.7 Å². The molecule has 0 aliphatic carbocycles. The highest BCUT2D eigenvalue weighted by Gasteiger charge is 2.34. The minimum absolute atomic E-state index is 0.0370. The van der Waals surface area contributed by atoms with Gasteiger partial charge in [0.25, 0.3) is 0 Å². The van der Waals surface area contributed by atoms with E-state index in [1.807, 2.05) is 6.20 Å². The van der Waals surface area contributed by atoms with Crippen molar-refractivity contribution in [3.8, 4) is 17.3 Å². The molecule has 5 nitrogen and oxygen atoms in total. The summed E-state index contributed by atoms with van der Waals surface area (Å²) >= 11 is 0. The standard InChI is InChI=1S/C66H70N4O/c1-62(2,3)46-28-31-58-60(39-46)69(43-68(58)51-35-48(63(4,5)6)34-50(37-51)66(12,13)45-24-18-15-19-25-45)52-36-49(64(7,8)9)38-54(41-52)71-53-29-30-56-55-26-20-21-27-57(55)70(59(56)42-53)61-40-47(32-33-67-61)65(10,11)44-22-16-14-17-23-44/h14-42H,43H2,1-13H3. The average molecular weight is 935 g/mol. The number of nitrogens with zero attached hydrogens (tertiary/aromatic N) is 4. The molecule has 1 aliphatic heterocycles. The maximum absolute atomic E-state index is 7.10. The van der Waals surface area contributed by atoms with Gasteiger partial charge in [-0.15, -0.1) is 0 Å². The first-order valence-corrected chi connectivity index (χ1v) is 25.4. The summed E-state index contributed by atoms with van der Waals surface area (Å²) in [5.74, 6) is 2.45. The first-order valence-electron chi connectivity index (χ1n) is 25.4. The van der Waals surface area contributed by atoms with Crippen molar-refractivity contribution in [1.82, 2.24) is 9.55 Å². The topological polar surface area (TPSA) is 33.5 Å². The van der Waals surface area contributed by atoms with Crippen LogP contribution in [0.5, 0.6) is 11.5 Å². The predicted molar refractivity (Wildman–Crippen MR) is 300 cm³/mol. The van der Waals surface area contributed by atoms with Crippen LogP contribution in [-0.4, -0.2) is 16.2 Å². The van der Waals surface area contributed by atoms with Gasteiger partial charge in [-0.1, -0.05) is 181 Å². The van der Waals surface area contributed by atoms with E-state index in [1.165, 1.54) is 61.4 Å². The third-order valence-electron chi connectivity index (χ3n) is 15.2. The van der Waals surface area contributed by atoms with Gasteiger partial charge >= 0.3 is 0 Å². The molecule has 0 saturated carbocycles. The van der Waals surface area contributed by atoms with Crippen molar-refractivity contribution >= 4 is 44.6 Å². The molecule has 71 heavy (non-hydrogen) atoms. The van der Waals surface area contributed by atoms with Crippen LogP contribution in [0.25, 0.3) is 27.6 Å². The third kappa shape index (κ3) is 8.90. The fraction of sp³-hybridized carbons (Fsp3) is 0.288. The van der Waals surface area contributed by atoms with Gasteiger partial charge in [-0.3, -0.25) is 4.57 Å². The highest BCUT2D eigenvalue weighted by Crippen LogP contribution is 2.49. The molecule has 9 aromatic rings. The Bertz CT molecular complexity index is 3430. The Morgan fingerprint density at radius 3 is 1.58 bits per heavy atom. The number of ether oxygens (including phenoxy) is 1. The number of fused-ring (bicyclic) bond motifs is 4. The average Bonchev–Trinajstić information content (AvgIpc) is 3.89. The summed E-state index contributed by atoms with van der Waals surface area (Å²) in [4.78, 5) is 10.0. The Hall–Kier alpha value is -7.11. The number of para-hydroxylation sites is 1. The van der Waals surface area contributed by atoms with Gasteiger partial charge in [-0.25, -0.2) is 4.98 Å². The van der Waals surface area contributed by atoms with E-state index < -0.39 is 0 Å². The maximum atomic E-state index is 7.10. The van der Waals surface area contributed by atoms with Gasteiger partial charge in [-0.2, -0.15) is 0 Å². The second-order valence-electron chi connectivity index (χ2n) is 24.0. The number of anilines is 4. The van der Waals surface area contributed by atoms with Crippen molar-refractivity contribution in [2.75, 3.05) is 16.5 Å². The Balaban J connectivity index is 1.08. The van der Waals surface area contributed by atoms with Crippen LogP contribution in [0.1, 0.15) is 129 Å². The number of benzene rings is 7. The lowest BCUT2D eigenvalue weighted by molar-refractivity contribution is 0.479. The Kier molecular flexibility index (Phi) is 11.6. The van der Waals surface area contributed by atoms with E-state index in [0.717, 1.165) is 39.4 Å². The van der Waals surface area contributed by atoms with Gasteiger partial charge in [0.2, 0.25) is 0 Å². The van der Waals surface area contributed by atoms with E-state index >= 15 is 0 Å². The quantitative estimate of drug-likeness (QED) is 0.144. The van der Waals surface area contributed by atoms with Gasteiger partial charge in [0, 0.05) is 51.3 Å². The van der Waals surface area contributed by atoms with Crippen molar-refractivity contribution in [3.63, 3.8) is 0 Å². The number of rotatable bonds is 9. The molecule has 0 radical (unpaired) electrons. The van der Waals surface area contributed by atoms with Crippen LogP contribution in [0.15, 0.2) is 176 Å². The van der Waals surface area contributed by atoms with Crippen molar-refractivity contribution < 1.29 is 4.74 Å². The number of hydrogen-bond acceptors (Lipinski definition) is 4. The van der Waals surface area contributed by atoms with Crippen LogP contribution in [0.2, 0.25) is 0 Å². The molecule has 1 aliphatic rings. The SMILES string of the molecule is CC(C)(C)c1cc(Oc2ccc3c4ccccc4n(-c4cc(C(C)(C)c5ccccc5)ccn4)c3c2)cc(N2CN(c3cc(C(C)(C)C)cc(C(C)(C)c4ccccc4)c3)c3ccc(C(C)(C)C)cc32)c1. The lowest BCUT2D eigenvalue weighted by Crippen LogP contribution is -2.26. The number of pyridine rings is 1. The molecule has 0 bridgehead atoms. The summed E-state index contributed by atoms with van der Waals surface area (Å²) < 4.78 is 9.39. The zero-order valence-corrected chi connectivity index (χ0v) is 44.1. The third-order valence-corrected chi connectivity index (χ3v) is 15.2. The molecule has 5 heteroatoms. The highest BCUT2D eigenvalue weighted by atomic mass is 16.5. The summed E-state index contributed by atoms with van der Waals surface area (Å²) in [5.41, 5.74) is 15.0. The van der Waals surface area contributed by atoms with Crippen molar-refractivity contribution in [2.24, 2.45) is 0 Å². The summed E-state index contributed by atoms with van der Waals surface area (Å²) in [6.07, 6.45) is 1.95. The predicted octanol–water partition coefficient (Wildman–Crippen LogP) is 17.8. The molecule has 360 valence electrons. The number of hydrogen-bond donors (Lipinski definition) is 0. The van der Waals surface area contributed by atoms with Crippen molar-refractivity contribution in [1.29, 1.82) is 0 Å². The fourth-order valence-electron chi connectivity index (χ4n) is 10.3. The van der Waals surface area contributed by atoms with Crippen LogP contribution < -0.4 is 14.5 Å². The summed E-state index contributed by atoms with van der Waals surface area (Å²) in [6.45, 7) is 30.7. The van der Waals surface area contributed by atoms with E-state index in [0.29, 0.717) is 6.67 Å². The molecule has 3 heterocycles. The lowest BCUT2D eigenvalue weighted by Gasteiger charge is -2.32. The Labute approximate surface area is 422 Å². The molecule has 0 saturated heterocycles. The van der Waals surface area contributed by atoms with E-state index in [1.54, 1.807) is 0 Å². The molecule has 0 unspecified atom stereocenters. The molecule has 0 N–H and O–H groups in total. The Morgan fingerprint density at radius 1 is 0.380 bits per heavy atom. The summed E-state index contributed by atoms with van der Waals surface area (Å²) in [7, 11) is 0. The summed E-state index contributed by atoms with van der Waals surface area (Å²) in [5, 5.41) is 2.33. The minimum atomic E-state index is -0.221. The molecule has 10 rings (SSSR count). The fourth-order valence-corrected chi connectivity index (χ4v) is 10.3. The monoisotopic (exact) mass is 935 g/mol. The second kappa shape index (κ2) is 17.3. The van der Waals surface area contributed by atoms with Gasteiger partial charge in [0.05, 0.1) is 22.4 Å². The van der Waals surface area contributed by atoms with Gasteiger partial charge < -0.3 is 14.5 Å². The molecule has 2 aromatic heterocycles. The van der Waals surface area contributed by atoms with Gasteiger partial charge in [-0.05, 0) is 122 Å². The van der Waals surface area contributed by atoms with E-state index in [4.69, 9.17) is 9.72 Å². The molecular formula is C66H70N4O. The molecule has 0 amide bonds. The zero-order valence-electron chi connectivity index (χ0n) is 44.1. The number of aromatic nitrogens is 2. The van der Waals surface area contributed by atoms with Crippen molar-refractivity contribution in [3.05, 3.63) is 215 Å². The minimum Gasteiger partial charge on any atom is -0.457 e. The van der Waals surface area contributed by atoms with Crippen molar-refractivity contribution in [2.45, 2.75) is 117 Å². The lowest BCUT2D eigenvalue weighted by atomic mass is 9.75. The largest absolute Gasteiger partial charge is 0.457 e. The molecule has 7 aromatic carbocycles. The van der Waals surface area contributed by atoms with Crippen LogP contribution >= 0.6 is 0 Å². The first kappa shape index (κ1) is 47.6. The van der Waals surface area contributed by atoms with E-state index in [2.05, 4.69) is 274 Å². The van der Waals surface area contributed by atoms with Crippen LogP contribution in [0.3, 0.4) is 0 Å². The molecule has 0 fully saturated rings. The normalized spacial score (nSPS) is 13.6. The summed E-state index contributed by atoms with van der Waals surface area (Å²) in [6, 6.07) is 62.4. The van der Waals surface area contributed by atoms with Crippen LogP contribution in [0, 0.1) is 0 Å². The smallest absolute Gasteiger partial charge is 0.137 e. The molecular weight excluding hydrogens is 865 g/mol. The molecule has 0 atom stereocenters. The van der Waals surface area contributed by atoms with Crippen LogP contribution in [-0.2, 0) is 27.1 Å². The maximum Gasteiger partial charge on any atom is 0.137 e. The van der Waals surface area contributed by atoms with Gasteiger partial charge in [0.15, 0.2) is 0 Å². The van der Waals surface area contributed by atoms with Gasteiger partial charge in [0.1, 0.15) is 24.0 Å².